The summed E-state index contributed by atoms with van der Waals surface area (Å²) in [5, 5.41) is 3.63. The van der Waals surface area contributed by atoms with E-state index in [1.54, 1.807) is 18.2 Å². The van der Waals surface area contributed by atoms with Crippen molar-refractivity contribution in [1.29, 1.82) is 0 Å². The molecule has 5 nitrogen and oxygen atoms in total. The zero-order valence-electron chi connectivity index (χ0n) is 17.1. The van der Waals surface area contributed by atoms with Gasteiger partial charge in [0.15, 0.2) is 0 Å². The first-order valence-corrected chi connectivity index (χ1v) is 12.3. The van der Waals surface area contributed by atoms with E-state index in [4.69, 9.17) is 23.2 Å². The Morgan fingerprint density at radius 2 is 1.83 bits per heavy atom. The van der Waals surface area contributed by atoms with Crippen LogP contribution in [0, 0.1) is 5.92 Å². The minimum atomic E-state index is -3.57. The van der Waals surface area contributed by atoms with Gasteiger partial charge in [-0.1, -0.05) is 55.2 Å². The van der Waals surface area contributed by atoms with E-state index in [1.807, 2.05) is 24.3 Å². The van der Waals surface area contributed by atoms with Crippen molar-refractivity contribution in [2.45, 2.75) is 38.4 Å². The van der Waals surface area contributed by atoms with Crippen molar-refractivity contribution < 1.29 is 13.2 Å². The number of piperidine rings is 1. The van der Waals surface area contributed by atoms with E-state index in [9.17, 15) is 13.2 Å². The van der Waals surface area contributed by atoms with Crippen molar-refractivity contribution >= 4 is 44.8 Å². The molecule has 0 aliphatic carbocycles. The second-order valence-corrected chi connectivity index (χ2v) is 10.8. The summed E-state index contributed by atoms with van der Waals surface area (Å²) in [6.07, 6.45) is 1.31. The highest BCUT2D eigenvalue weighted by molar-refractivity contribution is 7.88. The average molecular weight is 469 g/mol. The lowest BCUT2D eigenvalue weighted by Crippen LogP contribution is -2.44. The molecule has 1 fully saturated rings. The van der Waals surface area contributed by atoms with Gasteiger partial charge in [0.25, 0.3) is 0 Å². The molecule has 0 aromatic heterocycles. The van der Waals surface area contributed by atoms with Crippen molar-refractivity contribution in [1.82, 2.24) is 4.31 Å². The largest absolute Gasteiger partial charge is 0.326 e. The fourth-order valence-electron chi connectivity index (χ4n) is 3.54. The summed E-state index contributed by atoms with van der Waals surface area (Å²) in [4.78, 5) is 12.7. The maximum atomic E-state index is 12.9. The molecule has 0 spiro atoms. The maximum Gasteiger partial charge on any atom is 0.228 e. The molecule has 1 heterocycles. The Morgan fingerprint density at radius 3 is 2.47 bits per heavy atom. The minimum Gasteiger partial charge on any atom is -0.326 e. The maximum absolute atomic E-state index is 12.9. The fraction of sp³-hybridized carbons (Fsp3) is 0.409. The number of carbonyl (C=O) groups is 1. The quantitative estimate of drug-likeness (QED) is 0.625. The highest BCUT2D eigenvalue weighted by atomic mass is 35.5. The monoisotopic (exact) mass is 468 g/mol. The summed E-state index contributed by atoms with van der Waals surface area (Å²) in [5.74, 6) is -0.286. The Morgan fingerprint density at radius 1 is 1.13 bits per heavy atom. The molecular weight excluding hydrogens is 443 g/mol. The van der Waals surface area contributed by atoms with Crippen LogP contribution in [0.5, 0.6) is 0 Å². The summed E-state index contributed by atoms with van der Waals surface area (Å²) in [7, 11) is -3.57. The van der Waals surface area contributed by atoms with E-state index in [1.165, 1.54) is 9.87 Å². The molecule has 1 aliphatic heterocycles. The fourth-order valence-corrected chi connectivity index (χ4v) is 5.45. The predicted molar refractivity (Wildman–Crippen MR) is 123 cm³/mol. The minimum absolute atomic E-state index is 0.151. The number of halogens is 2. The van der Waals surface area contributed by atoms with Gasteiger partial charge in [-0.2, -0.15) is 0 Å². The molecule has 8 heteroatoms. The van der Waals surface area contributed by atoms with Gasteiger partial charge in [-0.05, 0) is 54.2 Å². The number of nitrogens with one attached hydrogen (secondary N) is 1. The Labute approximate surface area is 188 Å². The van der Waals surface area contributed by atoms with Gasteiger partial charge in [-0.15, -0.1) is 0 Å². The molecule has 1 atom stereocenters. The lowest BCUT2D eigenvalue weighted by Gasteiger charge is -2.31. The van der Waals surface area contributed by atoms with Gasteiger partial charge in [0.2, 0.25) is 15.9 Å². The molecule has 1 saturated heterocycles. The first-order chi connectivity index (χ1) is 14.2. The first-order valence-electron chi connectivity index (χ1n) is 9.98. The Hall–Kier alpha value is -1.60. The van der Waals surface area contributed by atoms with Crippen molar-refractivity contribution in [3.8, 4) is 0 Å². The van der Waals surface area contributed by atoms with Crippen molar-refractivity contribution in [2.75, 3.05) is 18.4 Å². The highest BCUT2D eigenvalue weighted by Crippen LogP contribution is 2.26. The Kier molecular flexibility index (Phi) is 7.45. The topological polar surface area (TPSA) is 66.5 Å². The van der Waals surface area contributed by atoms with Crippen molar-refractivity contribution in [2.24, 2.45) is 5.92 Å². The molecule has 162 valence electrons. The molecule has 0 bridgehead atoms. The van der Waals surface area contributed by atoms with Gasteiger partial charge < -0.3 is 5.32 Å². The predicted octanol–water partition coefficient (Wildman–Crippen LogP) is 5.30. The third kappa shape index (κ3) is 5.76. The number of benzene rings is 2. The summed E-state index contributed by atoms with van der Waals surface area (Å²) < 4.78 is 27.2. The third-order valence-corrected chi connectivity index (χ3v) is 7.88. The van der Waals surface area contributed by atoms with Crippen LogP contribution in [0.15, 0.2) is 42.5 Å². The molecule has 2 aromatic carbocycles. The lowest BCUT2D eigenvalue weighted by molar-refractivity contribution is -0.120. The van der Waals surface area contributed by atoms with Gasteiger partial charge in [0.05, 0.1) is 21.7 Å². The van der Waals surface area contributed by atoms with Crippen molar-refractivity contribution in [3.05, 3.63) is 63.6 Å². The Balaban J connectivity index is 1.64. The zero-order valence-corrected chi connectivity index (χ0v) is 19.4. The number of hydrogen-bond acceptors (Lipinski definition) is 3. The summed E-state index contributed by atoms with van der Waals surface area (Å²) in [6.45, 7) is 4.82. The smallest absolute Gasteiger partial charge is 0.228 e. The first kappa shape index (κ1) is 23.1. The van der Waals surface area contributed by atoms with Crippen LogP contribution in [0.4, 0.5) is 5.69 Å². The van der Waals surface area contributed by atoms with E-state index >= 15 is 0 Å². The molecule has 3 rings (SSSR count). The average Bonchev–Trinajstić information content (AvgIpc) is 2.71. The number of carbonyl (C=O) groups excluding carboxylic acids is 1. The summed E-state index contributed by atoms with van der Waals surface area (Å²) >= 11 is 11.9. The van der Waals surface area contributed by atoms with Crippen LogP contribution in [0.1, 0.15) is 43.7 Å². The van der Waals surface area contributed by atoms with E-state index < -0.39 is 10.0 Å². The normalized spacial score (nSPS) is 17.8. The van der Waals surface area contributed by atoms with E-state index in [0.717, 1.165) is 5.69 Å². The van der Waals surface area contributed by atoms with Crippen LogP contribution >= 0.6 is 23.2 Å². The molecule has 0 saturated carbocycles. The van der Waals surface area contributed by atoms with Gasteiger partial charge >= 0.3 is 0 Å². The number of nitrogens with zero attached hydrogens (tertiary/aromatic N) is 1. The number of rotatable bonds is 6. The van der Waals surface area contributed by atoms with Crippen LogP contribution in [0.25, 0.3) is 0 Å². The molecule has 1 amide bonds. The second-order valence-electron chi connectivity index (χ2n) is 7.97. The van der Waals surface area contributed by atoms with Crippen LogP contribution < -0.4 is 5.32 Å². The molecule has 1 N–H and O–H groups in total. The second kappa shape index (κ2) is 9.69. The van der Waals surface area contributed by atoms with E-state index in [-0.39, 0.29) is 24.1 Å². The summed E-state index contributed by atoms with van der Waals surface area (Å²) in [5.41, 5.74) is 2.49. The summed E-state index contributed by atoms with van der Waals surface area (Å²) in [6, 6.07) is 12.6. The van der Waals surface area contributed by atoms with Crippen LogP contribution in [-0.4, -0.2) is 31.7 Å². The molecule has 1 aliphatic rings. The van der Waals surface area contributed by atoms with E-state index in [0.29, 0.717) is 40.9 Å². The number of sulfonamides is 1. The highest BCUT2D eigenvalue weighted by Gasteiger charge is 2.32. The molecule has 30 heavy (non-hydrogen) atoms. The molecule has 0 unspecified atom stereocenters. The van der Waals surface area contributed by atoms with Gasteiger partial charge in [-0.25, -0.2) is 12.7 Å². The van der Waals surface area contributed by atoms with Crippen molar-refractivity contribution in [3.63, 3.8) is 0 Å². The van der Waals surface area contributed by atoms with Crippen LogP contribution in [-0.2, 0) is 20.6 Å². The zero-order chi connectivity index (χ0) is 21.9. The van der Waals surface area contributed by atoms with Gasteiger partial charge in [0, 0.05) is 18.8 Å². The number of amides is 1. The third-order valence-electron chi connectivity index (χ3n) is 5.33. The number of anilines is 1. The van der Waals surface area contributed by atoms with Crippen LogP contribution in [0.3, 0.4) is 0 Å². The van der Waals surface area contributed by atoms with Gasteiger partial charge in [0.1, 0.15) is 0 Å². The number of hydrogen-bond donors (Lipinski definition) is 1. The standard InChI is InChI=1S/C22H26Cl2N2O3S/c1-15(2)17-6-8-19(9-7-17)25-22(27)18-4-3-11-26(13-18)30(28,29)14-16-5-10-20(23)21(24)12-16/h5-10,12,15,18H,3-4,11,13-14H2,1-2H3,(H,25,27)/t18-/m1/s1. The SMILES string of the molecule is CC(C)c1ccc(NC(=O)[C@@H]2CCCN(S(=O)(=O)Cc3ccc(Cl)c(Cl)c3)C2)cc1. The van der Waals surface area contributed by atoms with Crippen LogP contribution in [0.2, 0.25) is 10.0 Å². The molecule has 2 aromatic rings. The Bertz CT molecular complexity index is 1010. The lowest BCUT2D eigenvalue weighted by atomic mass is 9.98. The molecular formula is C22H26Cl2N2O3S. The van der Waals surface area contributed by atoms with E-state index in [2.05, 4.69) is 19.2 Å². The van der Waals surface area contributed by atoms with Gasteiger partial charge in [-0.3, -0.25) is 4.79 Å². The molecule has 0 radical (unpaired) electrons.